The van der Waals surface area contributed by atoms with Crippen LogP contribution in [0.3, 0.4) is 0 Å². The smallest absolute Gasteiger partial charge is 0.318 e. The number of aliphatic hydroxyl groups is 1. The van der Waals surface area contributed by atoms with Crippen LogP contribution >= 0.6 is 0 Å². The molecule has 1 saturated heterocycles. The molecular formula is C21H26N2O3. The SMILES string of the molecule is CC(NC(=O)N1CCCC1CCO)c1ccccc1Oc1ccccc1. The third-order valence-corrected chi connectivity index (χ3v) is 4.80. The lowest BCUT2D eigenvalue weighted by molar-refractivity contribution is 0.175. The lowest BCUT2D eigenvalue weighted by Crippen LogP contribution is -2.44. The summed E-state index contributed by atoms with van der Waals surface area (Å²) in [5.74, 6) is 1.50. The minimum Gasteiger partial charge on any atom is -0.457 e. The number of amides is 2. The highest BCUT2D eigenvalue weighted by molar-refractivity contribution is 5.75. The molecule has 138 valence electrons. The van der Waals surface area contributed by atoms with Crippen LogP contribution in [0.5, 0.6) is 11.5 Å². The summed E-state index contributed by atoms with van der Waals surface area (Å²) < 4.78 is 6.00. The summed E-state index contributed by atoms with van der Waals surface area (Å²) >= 11 is 0. The van der Waals surface area contributed by atoms with Crippen molar-refractivity contribution in [1.82, 2.24) is 10.2 Å². The van der Waals surface area contributed by atoms with Gasteiger partial charge in [-0.05, 0) is 44.4 Å². The first-order valence-electron chi connectivity index (χ1n) is 9.19. The number of carbonyl (C=O) groups excluding carboxylic acids is 1. The molecule has 2 aromatic rings. The Morgan fingerprint density at radius 2 is 1.96 bits per heavy atom. The van der Waals surface area contributed by atoms with E-state index in [1.807, 2.05) is 66.4 Å². The lowest BCUT2D eigenvalue weighted by Gasteiger charge is -2.27. The monoisotopic (exact) mass is 354 g/mol. The van der Waals surface area contributed by atoms with Crippen molar-refractivity contribution in [3.8, 4) is 11.5 Å². The molecule has 2 atom stereocenters. The van der Waals surface area contributed by atoms with Crippen LogP contribution in [0.2, 0.25) is 0 Å². The molecule has 5 heteroatoms. The number of hydrogen-bond acceptors (Lipinski definition) is 3. The number of aliphatic hydroxyl groups excluding tert-OH is 1. The Hall–Kier alpha value is -2.53. The van der Waals surface area contributed by atoms with Crippen LogP contribution in [0.1, 0.15) is 37.8 Å². The van der Waals surface area contributed by atoms with E-state index >= 15 is 0 Å². The number of urea groups is 1. The van der Waals surface area contributed by atoms with Crippen molar-refractivity contribution in [2.75, 3.05) is 13.2 Å². The molecule has 1 aliphatic heterocycles. The molecule has 2 amide bonds. The number of ether oxygens (including phenoxy) is 1. The number of nitrogens with zero attached hydrogens (tertiary/aromatic N) is 1. The minimum atomic E-state index is -0.183. The van der Waals surface area contributed by atoms with Crippen molar-refractivity contribution in [1.29, 1.82) is 0 Å². The van der Waals surface area contributed by atoms with Gasteiger partial charge in [0.1, 0.15) is 11.5 Å². The molecule has 5 nitrogen and oxygen atoms in total. The Morgan fingerprint density at radius 3 is 2.73 bits per heavy atom. The van der Waals surface area contributed by atoms with E-state index < -0.39 is 0 Å². The Kier molecular flexibility index (Phi) is 6.12. The zero-order valence-electron chi connectivity index (χ0n) is 15.1. The van der Waals surface area contributed by atoms with Gasteiger partial charge in [0, 0.05) is 24.8 Å². The number of benzene rings is 2. The van der Waals surface area contributed by atoms with Crippen LogP contribution < -0.4 is 10.1 Å². The van der Waals surface area contributed by atoms with Crippen LogP contribution in [0.4, 0.5) is 4.79 Å². The van der Waals surface area contributed by atoms with Gasteiger partial charge in [-0.25, -0.2) is 4.79 Å². The molecule has 0 saturated carbocycles. The standard InChI is InChI=1S/C21H26N2O3/c1-16(22-21(25)23-14-7-8-17(23)13-15-24)19-11-5-6-12-20(19)26-18-9-3-2-4-10-18/h2-6,9-12,16-17,24H,7-8,13-15H2,1H3,(H,22,25). The summed E-state index contributed by atoms with van der Waals surface area (Å²) in [6, 6.07) is 17.2. The number of hydrogen-bond donors (Lipinski definition) is 2. The second-order valence-corrected chi connectivity index (χ2v) is 6.63. The normalized spacial score (nSPS) is 17.8. The van der Waals surface area contributed by atoms with Crippen molar-refractivity contribution in [2.45, 2.75) is 38.3 Å². The predicted molar refractivity (Wildman–Crippen MR) is 101 cm³/mol. The van der Waals surface area contributed by atoms with Crippen molar-refractivity contribution in [2.24, 2.45) is 0 Å². The molecule has 0 bridgehead atoms. The van der Waals surface area contributed by atoms with Gasteiger partial charge in [0.25, 0.3) is 0 Å². The molecule has 1 aliphatic rings. The Labute approximate surface area is 154 Å². The molecule has 2 unspecified atom stereocenters. The molecule has 0 aromatic heterocycles. The number of carbonyl (C=O) groups is 1. The average molecular weight is 354 g/mol. The number of para-hydroxylation sites is 2. The van der Waals surface area contributed by atoms with Gasteiger partial charge < -0.3 is 20.1 Å². The fourth-order valence-electron chi connectivity index (χ4n) is 3.44. The van der Waals surface area contributed by atoms with Crippen LogP contribution in [0, 0.1) is 0 Å². The number of nitrogens with one attached hydrogen (secondary N) is 1. The van der Waals surface area contributed by atoms with Crippen LogP contribution in [0.15, 0.2) is 54.6 Å². The largest absolute Gasteiger partial charge is 0.457 e. The van der Waals surface area contributed by atoms with Crippen LogP contribution in [0.25, 0.3) is 0 Å². The summed E-state index contributed by atoms with van der Waals surface area (Å²) in [7, 11) is 0. The molecule has 26 heavy (non-hydrogen) atoms. The Balaban J connectivity index is 1.70. The topological polar surface area (TPSA) is 61.8 Å². The van der Waals surface area contributed by atoms with E-state index in [0.29, 0.717) is 6.42 Å². The zero-order chi connectivity index (χ0) is 18.4. The third kappa shape index (κ3) is 4.35. The van der Waals surface area contributed by atoms with Gasteiger partial charge in [0.05, 0.1) is 6.04 Å². The summed E-state index contributed by atoms with van der Waals surface area (Å²) in [4.78, 5) is 14.5. The highest BCUT2D eigenvalue weighted by Crippen LogP contribution is 2.30. The van der Waals surface area contributed by atoms with E-state index in [9.17, 15) is 9.90 Å². The molecule has 3 rings (SSSR count). The first-order chi connectivity index (χ1) is 12.7. The van der Waals surface area contributed by atoms with Gasteiger partial charge in [-0.15, -0.1) is 0 Å². The molecule has 0 aliphatic carbocycles. The maximum atomic E-state index is 12.7. The van der Waals surface area contributed by atoms with Crippen LogP contribution in [-0.4, -0.2) is 35.2 Å². The van der Waals surface area contributed by atoms with Crippen molar-refractivity contribution in [3.63, 3.8) is 0 Å². The second kappa shape index (κ2) is 8.72. The number of rotatable bonds is 6. The summed E-state index contributed by atoms with van der Waals surface area (Å²) in [5.41, 5.74) is 0.933. The first-order valence-corrected chi connectivity index (χ1v) is 9.19. The van der Waals surface area contributed by atoms with E-state index in [4.69, 9.17) is 4.74 Å². The highest BCUT2D eigenvalue weighted by Gasteiger charge is 2.29. The van der Waals surface area contributed by atoms with Gasteiger partial charge in [-0.3, -0.25) is 0 Å². The van der Waals surface area contributed by atoms with Crippen molar-refractivity contribution in [3.05, 3.63) is 60.2 Å². The van der Waals surface area contributed by atoms with E-state index in [1.54, 1.807) is 0 Å². The minimum absolute atomic E-state index is 0.0806. The third-order valence-electron chi connectivity index (χ3n) is 4.80. The quantitative estimate of drug-likeness (QED) is 0.821. The molecule has 0 spiro atoms. The van der Waals surface area contributed by atoms with Crippen molar-refractivity contribution < 1.29 is 14.6 Å². The predicted octanol–water partition coefficient (Wildman–Crippen LogP) is 4.10. The Bertz CT molecular complexity index is 720. The molecule has 0 radical (unpaired) electrons. The van der Waals surface area contributed by atoms with Gasteiger partial charge in [-0.1, -0.05) is 36.4 Å². The summed E-state index contributed by atoms with van der Waals surface area (Å²) in [6.07, 6.45) is 2.58. The maximum absolute atomic E-state index is 12.7. The molecular weight excluding hydrogens is 328 g/mol. The summed E-state index contributed by atoms with van der Waals surface area (Å²) in [5, 5.41) is 12.3. The fraction of sp³-hybridized carbons (Fsp3) is 0.381. The van der Waals surface area contributed by atoms with Crippen molar-refractivity contribution >= 4 is 6.03 Å². The maximum Gasteiger partial charge on any atom is 0.318 e. The fourth-order valence-corrected chi connectivity index (χ4v) is 3.44. The Morgan fingerprint density at radius 1 is 1.23 bits per heavy atom. The first kappa shape index (κ1) is 18.3. The number of likely N-dealkylation sites (tertiary alicyclic amines) is 1. The lowest BCUT2D eigenvalue weighted by atomic mass is 10.1. The molecule has 1 fully saturated rings. The average Bonchev–Trinajstić information content (AvgIpc) is 3.12. The van der Waals surface area contributed by atoms with Gasteiger partial charge in [0.15, 0.2) is 0 Å². The highest BCUT2D eigenvalue weighted by atomic mass is 16.5. The zero-order valence-corrected chi connectivity index (χ0v) is 15.1. The summed E-state index contributed by atoms with van der Waals surface area (Å²) in [6.45, 7) is 2.81. The van der Waals surface area contributed by atoms with Gasteiger partial charge in [-0.2, -0.15) is 0 Å². The molecule has 2 N–H and O–H groups in total. The second-order valence-electron chi connectivity index (χ2n) is 6.63. The van der Waals surface area contributed by atoms with Gasteiger partial charge >= 0.3 is 6.03 Å². The molecule has 2 aromatic carbocycles. The van der Waals surface area contributed by atoms with E-state index in [2.05, 4.69) is 5.32 Å². The molecule has 1 heterocycles. The van der Waals surface area contributed by atoms with E-state index in [0.717, 1.165) is 36.4 Å². The van der Waals surface area contributed by atoms with E-state index in [-0.39, 0.29) is 24.7 Å². The van der Waals surface area contributed by atoms with E-state index in [1.165, 1.54) is 0 Å². The van der Waals surface area contributed by atoms with Gasteiger partial charge in [0.2, 0.25) is 0 Å². The van der Waals surface area contributed by atoms with Crippen LogP contribution in [-0.2, 0) is 0 Å².